The summed E-state index contributed by atoms with van der Waals surface area (Å²) in [6, 6.07) is 2.19. The summed E-state index contributed by atoms with van der Waals surface area (Å²) in [4.78, 5) is 18.5. The van der Waals surface area contributed by atoms with Crippen molar-refractivity contribution in [2.24, 2.45) is 0 Å². The number of hydrogen-bond acceptors (Lipinski definition) is 6. The molecule has 0 N–H and O–H groups in total. The van der Waals surface area contributed by atoms with Gasteiger partial charge in [0.15, 0.2) is 18.1 Å². The van der Waals surface area contributed by atoms with Crippen LogP contribution in [0.3, 0.4) is 0 Å². The molecule has 0 aliphatic heterocycles. The van der Waals surface area contributed by atoms with Crippen molar-refractivity contribution in [3.63, 3.8) is 0 Å². The van der Waals surface area contributed by atoms with Crippen molar-refractivity contribution < 1.29 is 27.2 Å². The summed E-state index contributed by atoms with van der Waals surface area (Å²) in [5.41, 5.74) is -1.97. The molecule has 0 aliphatic rings. The molecule has 106 valence electrons. The van der Waals surface area contributed by atoms with Crippen molar-refractivity contribution in [2.45, 2.75) is 19.7 Å². The lowest BCUT2D eigenvalue weighted by Crippen LogP contribution is -2.17. The lowest BCUT2D eigenvalue weighted by atomic mass is 10.2. The van der Waals surface area contributed by atoms with Gasteiger partial charge in [-0.25, -0.2) is 4.79 Å². The molecule has 0 unspecified atom stereocenters. The number of carbonyl (C=O) groups is 1. The SMILES string of the molecule is Cc1noc(COC(=O)c2cccnc2C(F)(F)F)n1. The molecule has 0 radical (unpaired) electrons. The second kappa shape index (κ2) is 5.27. The lowest BCUT2D eigenvalue weighted by Gasteiger charge is -2.10. The number of pyridine rings is 1. The van der Waals surface area contributed by atoms with Crippen LogP contribution in [0, 0.1) is 6.92 Å². The number of aromatic nitrogens is 3. The third-order valence-corrected chi connectivity index (χ3v) is 2.19. The van der Waals surface area contributed by atoms with Crippen molar-refractivity contribution in [3.05, 3.63) is 41.3 Å². The highest BCUT2D eigenvalue weighted by molar-refractivity contribution is 5.90. The number of ether oxygens (including phenoxy) is 1. The first-order valence-electron chi connectivity index (χ1n) is 5.36. The van der Waals surface area contributed by atoms with E-state index in [-0.39, 0.29) is 5.89 Å². The van der Waals surface area contributed by atoms with E-state index in [2.05, 4.69) is 24.4 Å². The molecule has 0 saturated carbocycles. The summed E-state index contributed by atoms with van der Waals surface area (Å²) in [5, 5.41) is 3.45. The van der Waals surface area contributed by atoms with Gasteiger partial charge in [-0.2, -0.15) is 18.2 Å². The third kappa shape index (κ3) is 3.11. The zero-order valence-corrected chi connectivity index (χ0v) is 10.1. The lowest BCUT2D eigenvalue weighted by molar-refractivity contribution is -0.141. The normalized spacial score (nSPS) is 11.4. The van der Waals surface area contributed by atoms with Crippen LogP contribution in [0.15, 0.2) is 22.9 Å². The molecule has 2 aromatic rings. The molecule has 0 aromatic carbocycles. The number of alkyl halides is 3. The summed E-state index contributed by atoms with van der Waals surface area (Å²) in [7, 11) is 0. The maximum atomic E-state index is 12.7. The molecular formula is C11H8F3N3O3. The van der Waals surface area contributed by atoms with Gasteiger partial charge in [0, 0.05) is 6.20 Å². The zero-order valence-electron chi connectivity index (χ0n) is 10.1. The average Bonchev–Trinajstić information content (AvgIpc) is 2.81. The maximum Gasteiger partial charge on any atom is 0.434 e. The number of nitrogens with zero attached hydrogens (tertiary/aromatic N) is 3. The molecule has 6 nitrogen and oxygen atoms in total. The minimum Gasteiger partial charge on any atom is -0.452 e. The Bertz CT molecular complexity index is 625. The van der Waals surface area contributed by atoms with Crippen LogP contribution in [-0.4, -0.2) is 21.1 Å². The Labute approximate surface area is 110 Å². The summed E-state index contributed by atoms with van der Waals surface area (Å²) in [5.74, 6) is -0.844. The molecular weight excluding hydrogens is 279 g/mol. The van der Waals surface area contributed by atoms with E-state index in [1.807, 2.05) is 0 Å². The van der Waals surface area contributed by atoms with Gasteiger partial charge in [-0.05, 0) is 19.1 Å². The van der Waals surface area contributed by atoms with E-state index in [9.17, 15) is 18.0 Å². The van der Waals surface area contributed by atoms with Crippen molar-refractivity contribution in [1.82, 2.24) is 15.1 Å². The molecule has 20 heavy (non-hydrogen) atoms. The van der Waals surface area contributed by atoms with Gasteiger partial charge in [0.25, 0.3) is 5.89 Å². The van der Waals surface area contributed by atoms with Crippen LogP contribution in [0.2, 0.25) is 0 Å². The van der Waals surface area contributed by atoms with Gasteiger partial charge < -0.3 is 9.26 Å². The van der Waals surface area contributed by atoms with Crippen molar-refractivity contribution in [1.29, 1.82) is 0 Å². The van der Waals surface area contributed by atoms with Gasteiger partial charge in [0.2, 0.25) is 0 Å². The van der Waals surface area contributed by atoms with Crippen LogP contribution in [-0.2, 0) is 17.5 Å². The largest absolute Gasteiger partial charge is 0.452 e. The van der Waals surface area contributed by atoms with Crippen LogP contribution >= 0.6 is 0 Å². The van der Waals surface area contributed by atoms with Gasteiger partial charge >= 0.3 is 12.1 Å². The Morgan fingerprint density at radius 2 is 2.20 bits per heavy atom. The van der Waals surface area contributed by atoms with Gasteiger partial charge in [0.1, 0.15) is 0 Å². The van der Waals surface area contributed by atoms with E-state index in [0.717, 1.165) is 12.3 Å². The van der Waals surface area contributed by atoms with Gasteiger partial charge in [-0.1, -0.05) is 5.16 Å². The van der Waals surface area contributed by atoms with Gasteiger partial charge in [-0.15, -0.1) is 0 Å². The molecule has 0 atom stereocenters. The molecule has 2 rings (SSSR count). The van der Waals surface area contributed by atoms with Crippen LogP contribution < -0.4 is 0 Å². The Morgan fingerprint density at radius 3 is 2.80 bits per heavy atom. The number of hydrogen-bond donors (Lipinski definition) is 0. The minimum absolute atomic E-state index is 0.00620. The second-order valence-corrected chi connectivity index (χ2v) is 3.71. The minimum atomic E-state index is -4.74. The van der Waals surface area contributed by atoms with E-state index in [1.165, 1.54) is 6.07 Å². The van der Waals surface area contributed by atoms with E-state index in [0.29, 0.717) is 5.82 Å². The Balaban J connectivity index is 2.13. The first-order valence-corrected chi connectivity index (χ1v) is 5.36. The van der Waals surface area contributed by atoms with E-state index in [4.69, 9.17) is 0 Å². The molecule has 0 aliphatic carbocycles. The highest BCUT2D eigenvalue weighted by Crippen LogP contribution is 2.30. The third-order valence-electron chi connectivity index (χ3n) is 2.19. The number of aryl methyl sites for hydroxylation is 1. The standard InChI is InChI=1S/C11H8F3N3O3/c1-6-16-8(20-17-6)5-19-10(18)7-3-2-4-15-9(7)11(12,13)14/h2-4H,5H2,1H3. The van der Waals surface area contributed by atoms with Crippen LogP contribution in [0.5, 0.6) is 0 Å². The van der Waals surface area contributed by atoms with Crippen molar-refractivity contribution in [3.8, 4) is 0 Å². The fraction of sp³-hybridized carbons (Fsp3) is 0.273. The number of carbonyl (C=O) groups excluding carboxylic acids is 1. The quantitative estimate of drug-likeness (QED) is 0.805. The number of esters is 1. The molecule has 0 saturated heterocycles. The Morgan fingerprint density at radius 1 is 1.45 bits per heavy atom. The second-order valence-electron chi connectivity index (χ2n) is 3.71. The Kier molecular flexibility index (Phi) is 3.68. The molecule has 0 spiro atoms. The fourth-order valence-corrected chi connectivity index (χ4v) is 1.40. The van der Waals surface area contributed by atoms with Crippen LogP contribution in [0.4, 0.5) is 13.2 Å². The fourth-order valence-electron chi connectivity index (χ4n) is 1.40. The summed E-state index contributed by atoms with van der Waals surface area (Å²) in [6.07, 6.45) is -3.79. The monoisotopic (exact) mass is 287 g/mol. The molecule has 0 bridgehead atoms. The summed E-state index contributed by atoms with van der Waals surface area (Å²) >= 11 is 0. The predicted octanol–water partition coefficient (Wildman–Crippen LogP) is 2.15. The molecule has 0 fully saturated rings. The van der Waals surface area contributed by atoms with Crippen LogP contribution in [0.1, 0.15) is 27.8 Å². The van der Waals surface area contributed by atoms with Gasteiger partial charge in [-0.3, -0.25) is 4.98 Å². The predicted molar refractivity (Wildman–Crippen MR) is 57.4 cm³/mol. The molecule has 9 heteroatoms. The zero-order chi connectivity index (χ0) is 14.8. The van der Waals surface area contributed by atoms with E-state index < -0.39 is 30.0 Å². The van der Waals surface area contributed by atoms with Crippen LogP contribution in [0.25, 0.3) is 0 Å². The van der Waals surface area contributed by atoms with Crippen molar-refractivity contribution in [2.75, 3.05) is 0 Å². The van der Waals surface area contributed by atoms with E-state index >= 15 is 0 Å². The topological polar surface area (TPSA) is 78.1 Å². The number of halogens is 3. The summed E-state index contributed by atoms with van der Waals surface area (Å²) < 4.78 is 47.4. The molecule has 0 amide bonds. The molecule has 2 heterocycles. The first kappa shape index (κ1) is 14.0. The Hall–Kier alpha value is -2.45. The highest BCUT2D eigenvalue weighted by Gasteiger charge is 2.37. The first-order chi connectivity index (χ1) is 9.38. The number of rotatable bonds is 3. The average molecular weight is 287 g/mol. The maximum absolute atomic E-state index is 12.7. The van der Waals surface area contributed by atoms with Crippen molar-refractivity contribution >= 4 is 5.97 Å². The smallest absolute Gasteiger partial charge is 0.434 e. The van der Waals surface area contributed by atoms with Gasteiger partial charge in [0.05, 0.1) is 5.56 Å². The molecule has 2 aromatic heterocycles. The highest BCUT2D eigenvalue weighted by atomic mass is 19.4. The van der Waals surface area contributed by atoms with E-state index in [1.54, 1.807) is 6.92 Å². The summed E-state index contributed by atoms with van der Waals surface area (Å²) in [6.45, 7) is 1.14.